The number of hydrogen-bond acceptors (Lipinski definition) is 2. The lowest BCUT2D eigenvalue weighted by molar-refractivity contribution is 0.329. The van der Waals surface area contributed by atoms with Gasteiger partial charge in [0.1, 0.15) is 12.4 Å². The largest absolute Gasteiger partial charge is 0.491 e. The van der Waals surface area contributed by atoms with Crippen molar-refractivity contribution in [1.29, 1.82) is 0 Å². The van der Waals surface area contributed by atoms with E-state index in [2.05, 4.69) is 15.9 Å². The maximum atomic E-state index is 6.25. The van der Waals surface area contributed by atoms with Gasteiger partial charge in [0.2, 0.25) is 0 Å². The maximum Gasteiger partial charge on any atom is 0.138 e. The number of halogens is 3. The first-order valence-corrected chi connectivity index (χ1v) is 6.10. The number of rotatable bonds is 3. The van der Waals surface area contributed by atoms with Crippen molar-refractivity contribution < 1.29 is 4.74 Å². The summed E-state index contributed by atoms with van der Waals surface area (Å²) in [6, 6.07) is 9.80. The molecule has 0 aromatic heterocycles. The van der Waals surface area contributed by atoms with Crippen molar-refractivity contribution in [3.63, 3.8) is 0 Å². The molecule has 0 heterocycles. The van der Waals surface area contributed by atoms with Gasteiger partial charge in [-0.2, -0.15) is 0 Å². The lowest BCUT2D eigenvalue weighted by atomic mass is 10.1. The molecule has 0 aliphatic carbocycles. The summed E-state index contributed by atoms with van der Waals surface area (Å²) in [4.78, 5) is 0. The summed E-state index contributed by atoms with van der Waals surface area (Å²) in [6.07, 6.45) is 0. The fourth-order valence-corrected chi connectivity index (χ4v) is 2.19. The summed E-state index contributed by atoms with van der Waals surface area (Å²) in [5.41, 5.74) is 5.38. The third-order valence-electron chi connectivity index (χ3n) is 2.26. The molecule has 2 aromatic carbocycles. The van der Waals surface area contributed by atoms with Crippen molar-refractivity contribution >= 4 is 50.7 Å². The van der Waals surface area contributed by atoms with Crippen molar-refractivity contribution in [3.8, 4) is 5.75 Å². The van der Waals surface area contributed by atoms with E-state index >= 15 is 0 Å². The first-order valence-electron chi connectivity index (χ1n) is 4.93. The molecule has 0 spiro atoms. The van der Waals surface area contributed by atoms with Gasteiger partial charge in [0.05, 0.1) is 5.02 Å². The van der Waals surface area contributed by atoms with Crippen molar-refractivity contribution in [1.82, 2.24) is 0 Å². The van der Waals surface area contributed by atoms with Crippen LogP contribution < -0.4 is 10.5 Å². The van der Waals surface area contributed by atoms with Crippen LogP contribution in [0, 0.1) is 0 Å². The maximum absolute atomic E-state index is 6.25. The zero-order chi connectivity index (χ0) is 11.5. The molecule has 0 aliphatic rings. The number of benzene rings is 2. The molecule has 0 saturated carbocycles. The quantitative estimate of drug-likeness (QED) is 0.918. The smallest absolute Gasteiger partial charge is 0.138 e. The minimum absolute atomic E-state index is 0. The van der Waals surface area contributed by atoms with Gasteiger partial charge in [0.15, 0.2) is 0 Å². The molecule has 0 unspecified atom stereocenters. The third-order valence-corrected chi connectivity index (χ3v) is 3.14. The van der Waals surface area contributed by atoms with Gasteiger partial charge in [0.25, 0.3) is 0 Å². The monoisotopic (exact) mass is 335 g/mol. The molecular formula is C12H12BrCl2NO. The Morgan fingerprint density at radius 3 is 2.71 bits per heavy atom. The SMILES string of the molecule is Cl.NCCOc1ccc2cc(Br)ccc2c1Cl. The van der Waals surface area contributed by atoms with Crippen LogP contribution in [0.5, 0.6) is 5.75 Å². The van der Waals surface area contributed by atoms with Crippen molar-refractivity contribution in [2.24, 2.45) is 5.73 Å². The summed E-state index contributed by atoms with van der Waals surface area (Å²) in [5.74, 6) is 0.682. The first-order chi connectivity index (χ1) is 7.72. The molecule has 2 rings (SSSR count). The summed E-state index contributed by atoms with van der Waals surface area (Å²) >= 11 is 9.68. The van der Waals surface area contributed by atoms with Gasteiger partial charge in [0, 0.05) is 16.4 Å². The summed E-state index contributed by atoms with van der Waals surface area (Å²) < 4.78 is 6.49. The topological polar surface area (TPSA) is 35.2 Å². The molecule has 0 atom stereocenters. The van der Waals surface area contributed by atoms with Crippen LogP contribution in [0.4, 0.5) is 0 Å². The molecule has 0 fully saturated rings. The standard InChI is InChI=1S/C12H11BrClNO.ClH/c13-9-2-3-10-8(7-9)1-4-11(12(10)14)16-6-5-15;/h1-4,7H,5-6,15H2;1H. The fraction of sp³-hybridized carbons (Fsp3) is 0.167. The average molecular weight is 337 g/mol. The molecule has 5 heteroatoms. The van der Waals surface area contributed by atoms with E-state index in [0.717, 1.165) is 15.2 Å². The van der Waals surface area contributed by atoms with Gasteiger partial charge in [-0.25, -0.2) is 0 Å². The lowest BCUT2D eigenvalue weighted by Gasteiger charge is -2.09. The summed E-state index contributed by atoms with van der Waals surface area (Å²) in [6.45, 7) is 0.955. The molecule has 0 radical (unpaired) electrons. The minimum atomic E-state index is 0. The third kappa shape index (κ3) is 3.26. The van der Waals surface area contributed by atoms with Crippen LogP contribution in [0.15, 0.2) is 34.8 Å². The highest BCUT2D eigenvalue weighted by atomic mass is 79.9. The van der Waals surface area contributed by atoms with E-state index in [4.69, 9.17) is 22.1 Å². The van der Waals surface area contributed by atoms with E-state index in [9.17, 15) is 0 Å². The van der Waals surface area contributed by atoms with Gasteiger partial charge >= 0.3 is 0 Å². The summed E-state index contributed by atoms with van der Waals surface area (Å²) in [5, 5.41) is 2.71. The van der Waals surface area contributed by atoms with E-state index in [1.54, 1.807) is 0 Å². The van der Waals surface area contributed by atoms with Crippen LogP contribution in [0.25, 0.3) is 10.8 Å². The molecule has 92 valence electrons. The van der Waals surface area contributed by atoms with Gasteiger partial charge in [-0.3, -0.25) is 0 Å². The van der Waals surface area contributed by atoms with Crippen molar-refractivity contribution in [2.75, 3.05) is 13.2 Å². The van der Waals surface area contributed by atoms with Crippen molar-refractivity contribution in [2.45, 2.75) is 0 Å². The van der Waals surface area contributed by atoms with E-state index in [0.29, 0.717) is 23.9 Å². The normalized spacial score (nSPS) is 10.1. The highest BCUT2D eigenvalue weighted by Crippen LogP contribution is 2.33. The molecule has 2 N–H and O–H groups in total. The molecule has 0 bridgehead atoms. The molecule has 2 aromatic rings. The van der Waals surface area contributed by atoms with Crippen LogP contribution in [0.2, 0.25) is 5.02 Å². The second-order valence-corrected chi connectivity index (χ2v) is 4.67. The molecular weight excluding hydrogens is 325 g/mol. The van der Waals surface area contributed by atoms with E-state index in [1.165, 1.54) is 0 Å². The first kappa shape index (κ1) is 14.6. The van der Waals surface area contributed by atoms with Crippen LogP contribution in [0.1, 0.15) is 0 Å². The molecule has 2 nitrogen and oxygen atoms in total. The van der Waals surface area contributed by atoms with Gasteiger partial charge < -0.3 is 10.5 Å². The van der Waals surface area contributed by atoms with Crippen LogP contribution in [0.3, 0.4) is 0 Å². The highest BCUT2D eigenvalue weighted by molar-refractivity contribution is 9.10. The zero-order valence-electron chi connectivity index (χ0n) is 8.95. The fourth-order valence-electron chi connectivity index (χ4n) is 1.52. The van der Waals surface area contributed by atoms with E-state index < -0.39 is 0 Å². The van der Waals surface area contributed by atoms with E-state index in [-0.39, 0.29) is 12.4 Å². The Labute approximate surface area is 120 Å². The molecule has 0 aliphatic heterocycles. The number of nitrogens with two attached hydrogens (primary N) is 1. The van der Waals surface area contributed by atoms with Crippen LogP contribution in [-0.2, 0) is 0 Å². The number of ether oxygens (including phenoxy) is 1. The zero-order valence-corrected chi connectivity index (χ0v) is 12.1. The lowest BCUT2D eigenvalue weighted by Crippen LogP contribution is -2.10. The van der Waals surface area contributed by atoms with Gasteiger partial charge in [-0.15, -0.1) is 12.4 Å². The minimum Gasteiger partial charge on any atom is -0.491 e. The Morgan fingerprint density at radius 1 is 1.24 bits per heavy atom. The summed E-state index contributed by atoms with van der Waals surface area (Å²) in [7, 11) is 0. The second-order valence-electron chi connectivity index (χ2n) is 3.38. The Kier molecular flexibility index (Phi) is 5.53. The van der Waals surface area contributed by atoms with Crippen LogP contribution in [-0.4, -0.2) is 13.2 Å². The molecule has 0 saturated heterocycles. The van der Waals surface area contributed by atoms with Gasteiger partial charge in [-0.1, -0.05) is 39.7 Å². The van der Waals surface area contributed by atoms with Crippen molar-refractivity contribution in [3.05, 3.63) is 39.8 Å². The Morgan fingerprint density at radius 2 is 2.00 bits per heavy atom. The number of fused-ring (bicyclic) bond motifs is 1. The Balaban J connectivity index is 0.00000144. The number of hydrogen-bond donors (Lipinski definition) is 1. The van der Waals surface area contributed by atoms with E-state index in [1.807, 2.05) is 30.3 Å². The Bertz CT molecular complexity index is 519. The predicted octanol–water partition coefficient (Wildman–Crippen LogP) is 4.02. The molecule has 0 amide bonds. The molecule has 17 heavy (non-hydrogen) atoms. The second kappa shape index (κ2) is 6.45. The highest BCUT2D eigenvalue weighted by Gasteiger charge is 2.06. The Hall–Kier alpha value is -0.480. The van der Waals surface area contributed by atoms with Crippen LogP contribution >= 0.6 is 39.9 Å². The average Bonchev–Trinajstić information content (AvgIpc) is 2.28. The predicted molar refractivity (Wildman–Crippen MR) is 78.5 cm³/mol. The van der Waals surface area contributed by atoms with Gasteiger partial charge in [-0.05, 0) is 23.6 Å².